The predicted molar refractivity (Wildman–Crippen MR) is 157 cm³/mol. The lowest BCUT2D eigenvalue weighted by Crippen LogP contribution is -2.41. The fourth-order valence-corrected chi connectivity index (χ4v) is 4.30. The van der Waals surface area contributed by atoms with Gasteiger partial charge in [0.1, 0.15) is 22.8 Å². The average Bonchev–Trinajstić information content (AvgIpc) is 3.25. The van der Waals surface area contributed by atoms with Crippen LogP contribution in [0.25, 0.3) is 11.4 Å². The number of hydrogen-bond donors (Lipinski definition) is 4. The molecule has 3 aromatic rings. The number of hydrogen-bond acceptors (Lipinski definition) is 9. The zero-order valence-corrected chi connectivity index (χ0v) is 24.2. The zero-order chi connectivity index (χ0) is 29.6. The van der Waals surface area contributed by atoms with Gasteiger partial charge in [-0.3, -0.25) is 9.48 Å². The van der Waals surface area contributed by atoms with Crippen LogP contribution in [-0.2, 0) is 11.8 Å². The molecule has 1 amide bonds. The van der Waals surface area contributed by atoms with Crippen LogP contribution >= 0.6 is 0 Å². The number of amides is 1. The van der Waals surface area contributed by atoms with Gasteiger partial charge in [-0.1, -0.05) is 11.8 Å². The van der Waals surface area contributed by atoms with Crippen molar-refractivity contribution in [1.29, 1.82) is 0 Å². The Morgan fingerprint density at radius 2 is 2.02 bits per heavy atom. The number of aliphatic hydroxyl groups excluding tert-OH is 1. The Labute approximate surface area is 239 Å². The van der Waals surface area contributed by atoms with E-state index in [4.69, 9.17) is 4.74 Å². The smallest absolute Gasteiger partial charge is 0.410 e. The molecule has 4 rings (SSSR count). The number of nitrogens with one attached hydrogen (secondary N) is 3. The lowest BCUT2D eigenvalue weighted by atomic mass is 9.97. The van der Waals surface area contributed by atoms with Gasteiger partial charge in [-0.2, -0.15) is 0 Å². The Morgan fingerprint density at radius 1 is 1.27 bits per heavy atom. The number of rotatable bonds is 7. The van der Waals surface area contributed by atoms with Crippen molar-refractivity contribution in [2.75, 3.05) is 30.3 Å². The number of ether oxygens (including phenoxy) is 1. The van der Waals surface area contributed by atoms with Crippen LogP contribution in [0.4, 0.5) is 22.1 Å². The first kappa shape index (κ1) is 29.6. The number of nitrogens with zero attached hydrogens (tertiary/aromatic N) is 5. The molecule has 12 heteroatoms. The third-order valence-corrected chi connectivity index (χ3v) is 6.52. The van der Waals surface area contributed by atoms with Gasteiger partial charge in [0.25, 0.3) is 5.56 Å². The third-order valence-electron chi connectivity index (χ3n) is 6.52. The minimum absolute atomic E-state index is 0.00308. The van der Waals surface area contributed by atoms with E-state index in [-0.39, 0.29) is 30.2 Å². The highest BCUT2D eigenvalue weighted by Crippen LogP contribution is 2.24. The summed E-state index contributed by atoms with van der Waals surface area (Å²) in [5.74, 6) is 8.10. The van der Waals surface area contributed by atoms with Crippen molar-refractivity contribution in [2.24, 2.45) is 13.0 Å². The average molecular weight is 563 g/mol. The number of aliphatic hydroxyl groups is 1. The quantitative estimate of drug-likeness (QED) is 0.317. The maximum Gasteiger partial charge on any atom is 0.410 e. The molecule has 4 heterocycles. The first-order valence-electron chi connectivity index (χ1n) is 13.7. The molecule has 0 aliphatic carbocycles. The van der Waals surface area contributed by atoms with Crippen molar-refractivity contribution >= 4 is 23.4 Å². The Morgan fingerprint density at radius 3 is 2.68 bits per heavy atom. The van der Waals surface area contributed by atoms with Gasteiger partial charge >= 0.3 is 6.09 Å². The summed E-state index contributed by atoms with van der Waals surface area (Å²) in [6.07, 6.45) is 6.66. The summed E-state index contributed by atoms with van der Waals surface area (Å²) >= 11 is 0. The van der Waals surface area contributed by atoms with Gasteiger partial charge < -0.3 is 30.5 Å². The van der Waals surface area contributed by atoms with E-state index >= 15 is 0 Å². The lowest BCUT2D eigenvalue weighted by Gasteiger charge is -2.31. The van der Waals surface area contributed by atoms with E-state index in [1.54, 1.807) is 36.6 Å². The highest BCUT2D eigenvalue weighted by atomic mass is 16.6. The molecule has 12 nitrogen and oxygen atoms in total. The molecular formula is C29H38N8O4. The van der Waals surface area contributed by atoms with E-state index < -0.39 is 5.60 Å². The summed E-state index contributed by atoms with van der Waals surface area (Å²) < 4.78 is 6.85. The minimum atomic E-state index is -0.519. The number of aromatic nitrogens is 5. The molecule has 0 spiro atoms. The maximum atomic E-state index is 12.4. The van der Waals surface area contributed by atoms with Gasteiger partial charge in [0.05, 0.1) is 11.3 Å². The molecule has 218 valence electrons. The number of carbonyl (C=O) groups excluding carboxylic acids is 1. The number of pyridine rings is 1. The van der Waals surface area contributed by atoms with Gasteiger partial charge in [0, 0.05) is 63.4 Å². The van der Waals surface area contributed by atoms with Crippen molar-refractivity contribution in [3.63, 3.8) is 0 Å². The van der Waals surface area contributed by atoms with Crippen LogP contribution in [0.15, 0.2) is 35.5 Å². The standard InChI is InChI=1S/C29H38N8O4/c1-19(11-15-38)33-23-16-25(34-24-8-12-30-26(35-24)22-18-32-36(5)27(22)39)31-17-21(23)7-6-20-9-13-37(14-10-20)28(40)41-29(2,3)4/h8,12,16-20,32,38H,9-11,13-15H2,1-5H3,(H2,30,31,33,34,35)/t19-/m0/s1. The molecule has 4 N–H and O–H groups in total. The largest absolute Gasteiger partial charge is 0.444 e. The summed E-state index contributed by atoms with van der Waals surface area (Å²) in [4.78, 5) is 39.7. The lowest BCUT2D eigenvalue weighted by molar-refractivity contribution is 0.0199. The second-order valence-corrected chi connectivity index (χ2v) is 11.1. The van der Waals surface area contributed by atoms with Crippen LogP contribution in [0.1, 0.15) is 52.5 Å². The molecule has 0 bridgehead atoms. The second-order valence-electron chi connectivity index (χ2n) is 11.1. The third kappa shape index (κ3) is 8.08. The van der Waals surface area contributed by atoms with Gasteiger partial charge in [-0.15, -0.1) is 0 Å². The van der Waals surface area contributed by atoms with E-state index in [0.29, 0.717) is 42.5 Å². The van der Waals surface area contributed by atoms with E-state index in [2.05, 4.69) is 42.5 Å². The molecule has 1 aliphatic rings. The summed E-state index contributed by atoms with van der Waals surface area (Å²) in [6, 6.07) is 3.55. The second kappa shape index (κ2) is 12.9. The Hall–Kier alpha value is -4.37. The number of H-pyrrole nitrogens is 1. The maximum absolute atomic E-state index is 12.4. The molecule has 0 aromatic carbocycles. The molecule has 0 saturated carbocycles. The van der Waals surface area contributed by atoms with E-state index in [1.165, 1.54) is 4.68 Å². The molecule has 1 fully saturated rings. The fourth-order valence-electron chi connectivity index (χ4n) is 4.30. The summed E-state index contributed by atoms with van der Waals surface area (Å²) in [7, 11) is 1.63. The molecule has 1 atom stereocenters. The number of piperidine rings is 1. The molecule has 0 radical (unpaired) electrons. The first-order valence-corrected chi connectivity index (χ1v) is 13.7. The van der Waals surface area contributed by atoms with Crippen LogP contribution in [0.5, 0.6) is 0 Å². The zero-order valence-electron chi connectivity index (χ0n) is 24.2. The normalized spacial score (nSPS) is 14.6. The Bertz CT molecular complexity index is 1470. The van der Waals surface area contributed by atoms with Gasteiger partial charge in [-0.05, 0) is 53.0 Å². The number of aromatic amines is 1. The van der Waals surface area contributed by atoms with Crippen LogP contribution in [-0.4, -0.2) is 72.2 Å². The van der Waals surface area contributed by atoms with Crippen LogP contribution in [0.2, 0.25) is 0 Å². The highest BCUT2D eigenvalue weighted by molar-refractivity contribution is 5.68. The van der Waals surface area contributed by atoms with E-state index in [1.807, 2.05) is 33.8 Å². The van der Waals surface area contributed by atoms with Gasteiger partial charge in [-0.25, -0.2) is 19.7 Å². The van der Waals surface area contributed by atoms with Gasteiger partial charge in [0.15, 0.2) is 5.82 Å². The summed E-state index contributed by atoms with van der Waals surface area (Å²) in [5.41, 5.74) is 1.13. The molecule has 3 aromatic heterocycles. The summed E-state index contributed by atoms with van der Waals surface area (Å²) in [5, 5.41) is 18.8. The van der Waals surface area contributed by atoms with Crippen LogP contribution in [0.3, 0.4) is 0 Å². The molecule has 41 heavy (non-hydrogen) atoms. The fraction of sp³-hybridized carbons (Fsp3) is 0.483. The van der Waals surface area contributed by atoms with Crippen molar-refractivity contribution in [1.82, 2.24) is 29.6 Å². The molecule has 1 saturated heterocycles. The van der Waals surface area contributed by atoms with Crippen molar-refractivity contribution in [2.45, 2.75) is 58.6 Å². The van der Waals surface area contributed by atoms with Gasteiger partial charge in [0.2, 0.25) is 0 Å². The van der Waals surface area contributed by atoms with E-state index in [0.717, 1.165) is 24.1 Å². The molecular weight excluding hydrogens is 524 g/mol. The Kier molecular flexibility index (Phi) is 9.29. The van der Waals surface area contributed by atoms with Crippen molar-refractivity contribution in [3.05, 3.63) is 46.6 Å². The number of likely N-dealkylation sites (tertiary alicyclic amines) is 1. The first-order chi connectivity index (χ1) is 19.5. The van der Waals surface area contributed by atoms with Crippen LogP contribution < -0.4 is 16.2 Å². The number of anilines is 3. The van der Waals surface area contributed by atoms with E-state index in [9.17, 15) is 14.7 Å². The predicted octanol–water partition coefficient (Wildman–Crippen LogP) is 3.49. The van der Waals surface area contributed by atoms with Crippen molar-refractivity contribution < 1.29 is 14.6 Å². The van der Waals surface area contributed by atoms with Crippen molar-refractivity contribution in [3.8, 4) is 23.2 Å². The number of aryl methyl sites for hydroxylation is 1. The summed E-state index contributed by atoms with van der Waals surface area (Å²) in [6.45, 7) is 8.84. The Balaban J connectivity index is 1.49. The topological polar surface area (TPSA) is 150 Å². The monoisotopic (exact) mass is 562 g/mol. The molecule has 0 unspecified atom stereocenters. The highest BCUT2D eigenvalue weighted by Gasteiger charge is 2.26. The van der Waals surface area contributed by atoms with Crippen LogP contribution in [0, 0.1) is 17.8 Å². The SMILES string of the molecule is C[C@@H](CCO)Nc1cc(Nc2ccnc(-c3c[nH]n(C)c3=O)n2)ncc1C#CC1CCN(C(=O)OC(C)(C)C)CC1. The minimum Gasteiger partial charge on any atom is -0.444 e. The number of carbonyl (C=O) groups is 1. The molecule has 1 aliphatic heterocycles.